The number of carbonyl (C=O) groups is 1. The molecule has 3 N–H and O–H groups in total. The van der Waals surface area contributed by atoms with Gasteiger partial charge in [0.2, 0.25) is 5.91 Å². The summed E-state index contributed by atoms with van der Waals surface area (Å²) in [6.07, 6.45) is 4.40. The predicted molar refractivity (Wildman–Crippen MR) is 69.2 cm³/mol. The monoisotopic (exact) mass is 249 g/mol. The van der Waals surface area contributed by atoms with E-state index in [2.05, 4.69) is 5.32 Å². The second-order valence-corrected chi connectivity index (χ2v) is 3.73. The summed E-state index contributed by atoms with van der Waals surface area (Å²) in [6, 6.07) is 4.11. The molecule has 6 nitrogen and oxygen atoms in total. The number of hydrogen-bond donors (Lipinski definition) is 2. The van der Waals surface area contributed by atoms with Gasteiger partial charge in [-0.3, -0.25) is 14.9 Å². The summed E-state index contributed by atoms with van der Waals surface area (Å²) in [5.41, 5.74) is 5.72. The summed E-state index contributed by atoms with van der Waals surface area (Å²) in [5, 5.41) is 13.7. The van der Waals surface area contributed by atoms with Gasteiger partial charge in [-0.05, 0) is 31.6 Å². The minimum absolute atomic E-state index is 0.137. The molecule has 0 saturated heterocycles. The fourth-order valence-corrected chi connectivity index (χ4v) is 1.43. The number of nitrogens with zero attached hydrogens (tertiary/aromatic N) is 1. The van der Waals surface area contributed by atoms with Crippen LogP contribution in [0.1, 0.15) is 22.3 Å². The Kier molecular flexibility index (Phi) is 5.01. The lowest BCUT2D eigenvalue weighted by Gasteiger charge is -2.00. The maximum atomic E-state index is 11.1. The normalized spacial score (nSPS) is 10.7. The van der Waals surface area contributed by atoms with Crippen LogP contribution in [0.4, 0.5) is 5.69 Å². The summed E-state index contributed by atoms with van der Waals surface area (Å²) < 4.78 is 0. The van der Waals surface area contributed by atoms with Crippen molar-refractivity contribution in [3.05, 3.63) is 45.5 Å². The molecule has 1 aromatic carbocycles. The minimum atomic E-state index is -0.677. The number of rotatable bonds is 6. The van der Waals surface area contributed by atoms with E-state index in [1.807, 2.05) is 13.1 Å². The highest BCUT2D eigenvalue weighted by Crippen LogP contribution is 2.18. The van der Waals surface area contributed by atoms with Crippen molar-refractivity contribution in [2.45, 2.75) is 6.42 Å². The van der Waals surface area contributed by atoms with Crippen LogP contribution < -0.4 is 11.1 Å². The van der Waals surface area contributed by atoms with Gasteiger partial charge in [0, 0.05) is 17.7 Å². The summed E-state index contributed by atoms with van der Waals surface area (Å²) in [4.78, 5) is 21.2. The average molecular weight is 249 g/mol. The molecule has 0 radical (unpaired) electrons. The number of benzene rings is 1. The lowest BCUT2D eigenvalue weighted by molar-refractivity contribution is -0.384. The van der Waals surface area contributed by atoms with Gasteiger partial charge in [0.05, 0.1) is 4.92 Å². The lowest BCUT2D eigenvalue weighted by atomic mass is 10.1. The SMILES string of the molecule is CNCCC=Cc1cc(C(N)=O)cc([N+](=O)[O-])c1. The number of non-ortho nitro benzene ring substituents is 1. The number of carbonyl (C=O) groups excluding carboxylic acids is 1. The van der Waals surface area contributed by atoms with Gasteiger partial charge < -0.3 is 11.1 Å². The summed E-state index contributed by atoms with van der Waals surface area (Å²) in [7, 11) is 1.84. The number of nitrogens with two attached hydrogens (primary N) is 1. The lowest BCUT2D eigenvalue weighted by Crippen LogP contribution is -2.11. The zero-order valence-electron chi connectivity index (χ0n) is 10.1. The molecule has 0 heterocycles. The van der Waals surface area contributed by atoms with E-state index in [1.54, 1.807) is 6.08 Å². The van der Waals surface area contributed by atoms with Gasteiger partial charge in [0.15, 0.2) is 0 Å². The van der Waals surface area contributed by atoms with E-state index in [0.29, 0.717) is 5.56 Å². The second-order valence-electron chi connectivity index (χ2n) is 3.73. The van der Waals surface area contributed by atoms with Crippen LogP contribution in [0.25, 0.3) is 6.08 Å². The molecular weight excluding hydrogens is 234 g/mol. The van der Waals surface area contributed by atoms with E-state index in [1.165, 1.54) is 18.2 Å². The van der Waals surface area contributed by atoms with Crippen molar-refractivity contribution < 1.29 is 9.72 Å². The molecule has 0 atom stereocenters. The molecule has 6 heteroatoms. The van der Waals surface area contributed by atoms with Crippen LogP contribution in [0.15, 0.2) is 24.3 Å². The topological polar surface area (TPSA) is 98.3 Å². The van der Waals surface area contributed by atoms with Crippen molar-refractivity contribution in [3.63, 3.8) is 0 Å². The first-order chi connectivity index (χ1) is 8.54. The number of primary amides is 1. The van der Waals surface area contributed by atoms with E-state index in [4.69, 9.17) is 5.73 Å². The number of amides is 1. The highest BCUT2D eigenvalue weighted by molar-refractivity contribution is 5.94. The Labute approximate surface area is 105 Å². The van der Waals surface area contributed by atoms with Crippen LogP contribution in [0, 0.1) is 10.1 Å². The summed E-state index contributed by atoms with van der Waals surface area (Å²) >= 11 is 0. The van der Waals surface area contributed by atoms with Crippen LogP contribution in [0.5, 0.6) is 0 Å². The number of nitrogens with one attached hydrogen (secondary N) is 1. The zero-order valence-corrected chi connectivity index (χ0v) is 10.1. The molecule has 1 aromatic rings. The third kappa shape index (κ3) is 3.99. The first-order valence-electron chi connectivity index (χ1n) is 5.45. The fourth-order valence-electron chi connectivity index (χ4n) is 1.43. The van der Waals surface area contributed by atoms with Crippen LogP contribution in [0.3, 0.4) is 0 Å². The average Bonchev–Trinajstić information content (AvgIpc) is 2.34. The van der Waals surface area contributed by atoms with Crippen LogP contribution in [0.2, 0.25) is 0 Å². The van der Waals surface area contributed by atoms with Crippen LogP contribution >= 0.6 is 0 Å². The smallest absolute Gasteiger partial charge is 0.270 e. The predicted octanol–water partition coefficient (Wildman–Crippen LogP) is 1.32. The van der Waals surface area contributed by atoms with Crippen molar-refractivity contribution in [2.75, 3.05) is 13.6 Å². The van der Waals surface area contributed by atoms with E-state index in [0.717, 1.165) is 13.0 Å². The standard InChI is InChI=1S/C12H15N3O3/c1-14-5-3-2-4-9-6-10(12(13)16)8-11(7-9)15(17)18/h2,4,6-8,14H,3,5H2,1H3,(H2,13,16). The molecule has 18 heavy (non-hydrogen) atoms. The number of nitro benzene ring substituents is 1. The molecule has 1 rings (SSSR count). The Morgan fingerprint density at radius 2 is 2.22 bits per heavy atom. The van der Waals surface area contributed by atoms with E-state index < -0.39 is 10.8 Å². The van der Waals surface area contributed by atoms with Crippen molar-refractivity contribution >= 4 is 17.7 Å². The molecule has 0 spiro atoms. The third-order valence-electron chi connectivity index (χ3n) is 2.31. The molecule has 0 aliphatic carbocycles. The molecule has 0 saturated carbocycles. The van der Waals surface area contributed by atoms with E-state index >= 15 is 0 Å². The minimum Gasteiger partial charge on any atom is -0.366 e. The highest BCUT2D eigenvalue weighted by Gasteiger charge is 2.11. The molecule has 0 bridgehead atoms. The molecule has 1 amide bonds. The van der Waals surface area contributed by atoms with Gasteiger partial charge in [-0.15, -0.1) is 0 Å². The summed E-state index contributed by atoms with van der Waals surface area (Å²) in [6.45, 7) is 0.814. The van der Waals surface area contributed by atoms with Crippen LogP contribution in [-0.2, 0) is 0 Å². The molecule has 0 aromatic heterocycles. The molecule has 0 aliphatic heterocycles. The van der Waals surface area contributed by atoms with Crippen molar-refractivity contribution in [1.29, 1.82) is 0 Å². The van der Waals surface area contributed by atoms with Gasteiger partial charge in [0.1, 0.15) is 0 Å². The second kappa shape index (κ2) is 6.51. The molecule has 0 fully saturated rings. The van der Waals surface area contributed by atoms with Gasteiger partial charge in [0.25, 0.3) is 5.69 Å². The molecule has 0 unspecified atom stereocenters. The van der Waals surface area contributed by atoms with E-state index in [9.17, 15) is 14.9 Å². The van der Waals surface area contributed by atoms with Crippen molar-refractivity contribution in [1.82, 2.24) is 5.32 Å². The highest BCUT2D eigenvalue weighted by atomic mass is 16.6. The Morgan fingerprint density at radius 3 is 2.78 bits per heavy atom. The quantitative estimate of drug-likeness (QED) is 0.451. The Bertz CT molecular complexity index is 451. The van der Waals surface area contributed by atoms with Gasteiger partial charge in [-0.25, -0.2) is 0 Å². The number of nitro groups is 1. The van der Waals surface area contributed by atoms with Gasteiger partial charge in [-0.2, -0.15) is 0 Å². The van der Waals surface area contributed by atoms with Crippen molar-refractivity contribution in [3.8, 4) is 0 Å². The van der Waals surface area contributed by atoms with Gasteiger partial charge in [-0.1, -0.05) is 12.2 Å². The Hall–Kier alpha value is -2.21. The zero-order chi connectivity index (χ0) is 13.5. The number of hydrogen-bond acceptors (Lipinski definition) is 4. The molecule has 0 aliphatic rings. The van der Waals surface area contributed by atoms with E-state index in [-0.39, 0.29) is 11.3 Å². The maximum Gasteiger partial charge on any atom is 0.270 e. The first-order valence-corrected chi connectivity index (χ1v) is 5.45. The fraction of sp³-hybridized carbons (Fsp3) is 0.250. The van der Waals surface area contributed by atoms with Gasteiger partial charge >= 0.3 is 0 Å². The maximum absolute atomic E-state index is 11.1. The Morgan fingerprint density at radius 1 is 1.50 bits per heavy atom. The molecule has 96 valence electrons. The molecular formula is C12H15N3O3. The largest absolute Gasteiger partial charge is 0.366 e. The Balaban J connectivity index is 3.00. The third-order valence-corrected chi connectivity index (χ3v) is 2.31. The summed E-state index contributed by atoms with van der Waals surface area (Å²) in [5.74, 6) is -0.677. The van der Waals surface area contributed by atoms with Crippen LogP contribution in [-0.4, -0.2) is 24.4 Å². The van der Waals surface area contributed by atoms with Crippen molar-refractivity contribution in [2.24, 2.45) is 5.73 Å². The first kappa shape index (κ1) is 13.9.